The number of hydrogen-bond acceptors (Lipinski definition) is 5. The van der Waals surface area contributed by atoms with Gasteiger partial charge in [0.2, 0.25) is 15.9 Å². The number of thiophene rings is 1. The van der Waals surface area contributed by atoms with Crippen LogP contribution in [0.3, 0.4) is 0 Å². The summed E-state index contributed by atoms with van der Waals surface area (Å²) >= 11 is 4.76. The first-order chi connectivity index (χ1) is 9.81. The smallest absolute Gasteiger partial charge is 0.248 e. The Morgan fingerprint density at radius 2 is 2.05 bits per heavy atom. The molecule has 1 aromatic heterocycles. The van der Waals surface area contributed by atoms with Gasteiger partial charge in [0, 0.05) is 21.5 Å². The first-order valence-electron chi connectivity index (χ1n) is 5.72. The molecule has 1 aromatic carbocycles. The predicted octanol–water partition coefficient (Wildman–Crippen LogP) is 1.67. The Bertz CT molecular complexity index is 787. The minimum absolute atomic E-state index is 0.0240. The van der Waals surface area contributed by atoms with Gasteiger partial charge in [-0.3, -0.25) is 4.79 Å². The van der Waals surface area contributed by atoms with E-state index in [9.17, 15) is 13.2 Å². The van der Waals surface area contributed by atoms with Gasteiger partial charge in [-0.15, -0.1) is 11.3 Å². The summed E-state index contributed by atoms with van der Waals surface area (Å²) < 4.78 is 27.7. The van der Waals surface area contributed by atoms with E-state index in [2.05, 4.69) is 20.7 Å². The molecule has 9 heteroatoms. The van der Waals surface area contributed by atoms with Gasteiger partial charge in [-0.05, 0) is 45.6 Å². The van der Waals surface area contributed by atoms with Crippen LogP contribution in [0.2, 0.25) is 0 Å². The van der Waals surface area contributed by atoms with Crippen molar-refractivity contribution in [2.24, 2.45) is 5.73 Å². The zero-order valence-electron chi connectivity index (χ0n) is 10.7. The van der Waals surface area contributed by atoms with Crippen molar-refractivity contribution in [1.82, 2.24) is 4.72 Å². The lowest BCUT2D eigenvalue weighted by molar-refractivity contribution is 0.1000. The number of nitrogen functional groups attached to an aromatic ring is 1. The van der Waals surface area contributed by atoms with Gasteiger partial charge in [0.25, 0.3) is 0 Å². The monoisotopic (exact) mass is 389 g/mol. The van der Waals surface area contributed by atoms with Crippen LogP contribution < -0.4 is 16.2 Å². The van der Waals surface area contributed by atoms with E-state index in [0.717, 1.165) is 9.35 Å². The fraction of sp³-hybridized carbons (Fsp3) is 0.0833. The molecular formula is C12H12BrN3O3S2. The molecule has 0 aliphatic rings. The predicted molar refractivity (Wildman–Crippen MR) is 85.4 cm³/mol. The summed E-state index contributed by atoms with van der Waals surface area (Å²) in [4.78, 5) is 11.8. The number of sulfonamides is 1. The Balaban J connectivity index is 2.23. The minimum Gasteiger partial charge on any atom is -0.398 e. The molecule has 112 valence electrons. The van der Waals surface area contributed by atoms with E-state index in [1.165, 1.54) is 29.5 Å². The fourth-order valence-electron chi connectivity index (χ4n) is 1.64. The topological polar surface area (TPSA) is 115 Å². The lowest BCUT2D eigenvalue weighted by Crippen LogP contribution is -2.24. The Morgan fingerprint density at radius 3 is 2.57 bits per heavy atom. The molecule has 2 rings (SSSR count). The molecular weight excluding hydrogens is 378 g/mol. The fourth-order valence-corrected chi connectivity index (χ4v) is 4.27. The summed E-state index contributed by atoms with van der Waals surface area (Å²) in [7, 11) is -3.77. The first-order valence-corrected chi connectivity index (χ1v) is 8.87. The molecule has 0 fully saturated rings. The Morgan fingerprint density at radius 1 is 1.33 bits per heavy atom. The molecule has 21 heavy (non-hydrogen) atoms. The van der Waals surface area contributed by atoms with Crippen LogP contribution in [0.5, 0.6) is 0 Å². The number of anilines is 1. The number of carbonyl (C=O) groups is 1. The zero-order chi connectivity index (χ0) is 15.6. The van der Waals surface area contributed by atoms with Gasteiger partial charge in [-0.2, -0.15) is 0 Å². The largest absolute Gasteiger partial charge is 0.398 e. The van der Waals surface area contributed by atoms with E-state index in [0.29, 0.717) is 0 Å². The van der Waals surface area contributed by atoms with Gasteiger partial charge < -0.3 is 11.5 Å². The maximum Gasteiger partial charge on any atom is 0.248 e. The van der Waals surface area contributed by atoms with E-state index in [1.807, 2.05) is 11.4 Å². The third kappa shape index (κ3) is 3.62. The van der Waals surface area contributed by atoms with E-state index in [1.54, 1.807) is 0 Å². The number of rotatable bonds is 5. The molecule has 0 unspecified atom stereocenters. The highest BCUT2D eigenvalue weighted by Crippen LogP contribution is 2.24. The lowest BCUT2D eigenvalue weighted by Gasteiger charge is -2.09. The second kappa shape index (κ2) is 6.14. The molecule has 1 amide bonds. The Labute approximate surface area is 134 Å². The van der Waals surface area contributed by atoms with Gasteiger partial charge in [0.15, 0.2) is 0 Å². The van der Waals surface area contributed by atoms with Crippen LogP contribution in [0.4, 0.5) is 5.69 Å². The van der Waals surface area contributed by atoms with Crippen LogP contribution in [-0.4, -0.2) is 14.3 Å². The quantitative estimate of drug-likeness (QED) is 0.674. The summed E-state index contributed by atoms with van der Waals surface area (Å²) in [5.41, 5.74) is 10.9. The van der Waals surface area contributed by atoms with Crippen LogP contribution in [0, 0.1) is 0 Å². The van der Waals surface area contributed by atoms with Crippen LogP contribution in [0.25, 0.3) is 0 Å². The summed E-state index contributed by atoms with van der Waals surface area (Å²) in [5, 5.41) is 1.85. The summed E-state index contributed by atoms with van der Waals surface area (Å²) in [6, 6.07) is 5.68. The average Bonchev–Trinajstić information content (AvgIpc) is 2.81. The van der Waals surface area contributed by atoms with Crippen molar-refractivity contribution in [2.45, 2.75) is 11.4 Å². The Kier molecular flexibility index (Phi) is 4.67. The van der Waals surface area contributed by atoms with E-state index < -0.39 is 15.9 Å². The van der Waals surface area contributed by atoms with Gasteiger partial charge in [-0.25, -0.2) is 13.1 Å². The molecule has 0 spiro atoms. The zero-order valence-corrected chi connectivity index (χ0v) is 13.9. The second-order valence-corrected chi connectivity index (χ2v) is 7.72. The maximum atomic E-state index is 12.2. The molecule has 1 heterocycles. The van der Waals surface area contributed by atoms with E-state index in [-0.39, 0.29) is 22.7 Å². The number of halogens is 1. The molecule has 5 N–H and O–H groups in total. The summed E-state index contributed by atoms with van der Waals surface area (Å²) in [6.45, 7) is 0.150. The van der Waals surface area contributed by atoms with Crippen molar-refractivity contribution >= 4 is 48.9 Å². The van der Waals surface area contributed by atoms with Gasteiger partial charge >= 0.3 is 0 Å². The van der Waals surface area contributed by atoms with Crippen molar-refractivity contribution < 1.29 is 13.2 Å². The van der Waals surface area contributed by atoms with Crippen LogP contribution >= 0.6 is 27.3 Å². The molecule has 0 aliphatic carbocycles. The van der Waals surface area contributed by atoms with Crippen molar-refractivity contribution in [3.05, 3.63) is 44.6 Å². The van der Waals surface area contributed by atoms with Crippen LogP contribution in [-0.2, 0) is 16.6 Å². The lowest BCUT2D eigenvalue weighted by atomic mass is 10.2. The molecule has 0 aliphatic heterocycles. The van der Waals surface area contributed by atoms with Gasteiger partial charge in [-0.1, -0.05) is 0 Å². The third-order valence-corrected chi connectivity index (χ3v) is 6.10. The number of primary amides is 1. The number of hydrogen-bond donors (Lipinski definition) is 3. The van der Waals surface area contributed by atoms with Crippen molar-refractivity contribution in [2.75, 3.05) is 5.73 Å². The minimum atomic E-state index is -3.77. The molecule has 6 nitrogen and oxygen atoms in total. The average molecular weight is 390 g/mol. The number of carbonyl (C=O) groups excluding carboxylic acids is 1. The molecule has 0 saturated carbocycles. The maximum absolute atomic E-state index is 12.2. The third-order valence-electron chi connectivity index (χ3n) is 2.70. The first kappa shape index (κ1) is 16.0. The number of nitrogens with one attached hydrogen (secondary N) is 1. The van der Waals surface area contributed by atoms with Gasteiger partial charge in [0.1, 0.15) is 4.90 Å². The number of benzene rings is 1. The van der Waals surface area contributed by atoms with E-state index in [4.69, 9.17) is 11.5 Å². The summed E-state index contributed by atoms with van der Waals surface area (Å²) in [5.74, 6) is -0.666. The molecule has 0 atom stereocenters. The SMILES string of the molecule is NC(=O)c1ccc(S(=O)(=O)NCc2sccc2Br)c(N)c1. The van der Waals surface area contributed by atoms with Crippen LogP contribution in [0.1, 0.15) is 15.2 Å². The highest BCUT2D eigenvalue weighted by molar-refractivity contribution is 9.10. The molecule has 0 bridgehead atoms. The standard InChI is InChI=1S/C12H12BrN3O3S2/c13-8-3-4-20-10(8)6-16-21(18,19)11-2-1-7(12(15)17)5-9(11)14/h1-5,16H,6,14H2,(H2,15,17). The summed E-state index contributed by atoms with van der Waals surface area (Å²) in [6.07, 6.45) is 0. The molecule has 0 radical (unpaired) electrons. The highest BCUT2D eigenvalue weighted by Gasteiger charge is 2.19. The molecule has 0 saturated heterocycles. The van der Waals surface area contributed by atoms with Crippen molar-refractivity contribution in [3.63, 3.8) is 0 Å². The number of amides is 1. The molecule has 2 aromatic rings. The highest BCUT2D eigenvalue weighted by atomic mass is 79.9. The normalized spacial score (nSPS) is 11.5. The van der Waals surface area contributed by atoms with Crippen molar-refractivity contribution in [1.29, 1.82) is 0 Å². The number of nitrogens with two attached hydrogens (primary N) is 2. The van der Waals surface area contributed by atoms with E-state index >= 15 is 0 Å². The second-order valence-electron chi connectivity index (χ2n) is 4.13. The van der Waals surface area contributed by atoms with Gasteiger partial charge in [0.05, 0.1) is 5.69 Å². The van der Waals surface area contributed by atoms with Crippen LogP contribution in [0.15, 0.2) is 39.0 Å². The Hall–Kier alpha value is -1.42. The van der Waals surface area contributed by atoms with Crippen molar-refractivity contribution in [3.8, 4) is 0 Å².